The average molecular weight is 254 g/mol. The second kappa shape index (κ2) is 4.21. The molecule has 0 bridgehead atoms. The van der Waals surface area contributed by atoms with Gasteiger partial charge in [-0.25, -0.2) is 0 Å². The fourth-order valence-electron chi connectivity index (χ4n) is 3.31. The maximum atomic E-state index is 11.9. The van der Waals surface area contributed by atoms with Crippen LogP contribution in [0.5, 0.6) is 0 Å². The van der Waals surface area contributed by atoms with Crippen molar-refractivity contribution in [2.45, 2.75) is 44.9 Å². The molecule has 2 N–H and O–H groups in total. The van der Waals surface area contributed by atoms with Crippen LogP contribution in [0.15, 0.2) is 0 Å². The molecule has 0 aromatic rings. The summed E-state index contributed by atoms with van der Waals surface area (Å²) in [6.07, 6.45) is 4.60. The number of carbonyl (C=O) groups is 1. The summed E-state index contributed by atoms with van der Waals surface area (Å²) in [6, 6.07) is 0. The Hall–Kier alpha value is -0.680. The number of ether oxygens (including phenoxy) is 1. The van der Waals surface area contributed by atoms with E-state index in [9.17, 15) is 4.79 Å². The number of fused-ring (bicyclic) bond motifs is 2. The monoisotopic (exact) mass is 254 g/mol. The molecule has 3 fully saturated rings. The lowest BCUT2D eigenvalue weighted by molar-refractivity contribution is -0.162. The molecule has 0 spiro atoms. The van der Waals surface area contributed by atoms with E-state index >= 15 is 0 Å². The first-order chi connectivity index (χ1) is 8.13. The van der Waals surface area contributed by atoms with Crippen LogP contribution in [0, 0.1) is 17.8 Å². The fourth-order valence-corrected chi connectivity index (χ4v) is 3.53. The largest absolute Gasteiger partial charge is 0.354 e. The molecule has 2 saturated heterocycles. The first kappa shape index (κ1) is 11.4. The lowest BCUT2D eigenvalue weighted by atomic mass is 9.74. The summed E-state index contributed by atoms with van der Waals surface area (Å²) in [7, 11) is 0. The molecular formula is C12H18N2O2S. The van der Waals surface area contributed by atoms with Gasteiger partial charge in [0.05, 0.1) is 12.0 Å². The molecule has 1 saturated carbocycles. The molecular weight excluding hydrogens is 236 g/mol. The summed E-state index contributed by atoms with van der Waals surface area (Å²) in [4.78, 5) is 11.9. The van der Waals surface area contributed by atoms with Crippen LogP contribution in [-0.2, 0) is 9.53 Å². The maximum Gasteiger partial charge on any atom is 0.233 e. The van der Waals surface area contributed by atoms with Crippen LogP contribution in [0.3, 0.4) is 0 Å². The van der Waals surface area contributed by atoms with Gasteiger partial charge in [0.1, 0.15) is 6.23 Å². The van der Waals surface area contributed by atoms with Crippen LogP contribution in [0.1, 0.15) is 32.6 Å². The van der Waals surface area contributed by atoms with Gasteiger partial charge in [-0.1, -0.05) is 13.3 Å². The lowest BCUT2D eigenvalue weighted by Crippen LogP contribution is -2.63. The maximum absolute atomic E-state index is 11.9. The van der Waals surface area contributed by atoms with Gasteiger partial charge in [0.25, 0.3) is 0 Å². The third-order valence-corrected chi connectivity index (χ3v) is 4.50. The van der Waals surface area contributed by atoms with Crippen LogP contribution < -0.4 is 10.6 Å². The van der Waals surface area contributed by atoms with Crippen LogP contribution in [0.25, 0.3) is 0 Å². The molecule has 1 aliphatic carbocycles. The van der Waals surface area contributed by atoms with Crippen molar-refractivity contribution in [2.75, 3.05) is 0 Å². The van der Waals surface area contributed by atoms with Crippen LogP contribution in [-0.4, -0.2) is 23.4 Å². The zero-order valence-corrected chi connectivity index (χ0v) is 10.8. The van der Waals surface area contributed by atoms with Gasteiger partial charge in [0, 0.05) is 0 Å². The Kier molecular flexibility index (Phi) is 2.83. The molecule has 2 aliphatic heterocycles. The molecule has 17 heavy (non-hydrogen) atoms. The first-order valence-corrected chi connectivity index (χ1v) is 6.81. The predicted molar refractivity (Wildman–Crippen MR) is 67.1 cm³/mol. The van der Waals surface area contributed by atoms with E-state index in [1.807, 2.05) is 0 Å². The molecule has 0 aromatic carbocycles. The van der Waals surface area contributed by atoms with Crippen molar-refractivity contribution in [3.8, 4) is 0 Å². The third kappa shape index (κ3) is 2.06. The summed E-state index contributed by atoms with van der Waals surface area (Å²) >= 11 is 5.00. The van der Waals surface area contributed by atoms with Crippen molar-refractivity contribution >= 4 is 23.2 Å². The zero-order chi connectivity index (χ0) is 12.0. The highest BCUT2D eigenvalue weighted by Crippen LogP contribution is 2.40. The SMILES string of the molecule is CC1CCC2CC3C(=O)NC(=S)NC3OC2C1. The zero-order valence-electron chi connectivity index (χ0n) is 9.94. The van der Waals surface area contributed by atoms with Gasteiger partial charge in [-0.2, -0.15) is 0 Å². The molecule has 0 radical (unpaired) electrons. The number of nitrogens with one attached hydrogen (secondary N) is 2. The normalized spacial score (nSPS) is 45.4. The van der Waals surface area contributed by atoms with Crippen LogP contribution in [0.2, 0.25) is 0 Å². The van der Waals surface area contributed by atoms with E-state index in [4.69, 9.17) is 17.0 Å². The van der Waals surface area contributed by atoms with Crippen molar-refractivity contribution in [3.05, 3.63) is 0 Å². The number of hydrogen-bond acceptors (Lipinski definition) is 3. The van der Waals surface area contributed by atoms with Gasteiger partial charge >= 0.3 is 0 Å². The number of hydrogen-bond donors (Lipinski definition) is 2. The Balaban J connectivity index is 1.75. The summed E-state index contributed by atoms with van der Waals surface area (Å²) in [5.41, 5.74) is 0. The van der Waals surface area contributed by atoms with Gasteiger partial charge in [-0.15, -0.1) is 0 Å². The molecule has 94 valence electrons. The molecule has 5 unspecified atom stereocenters. The fraction of sp³-hybridized carbons (Fsp3) is 0.833. The Morgan fingerprint density at radius 1 is 1.35 bits per heavy atom. The van der Waals surface area contributed by atoms with Gasteiger partial charge in [0.15, 0.2) is 5.11 Å². The van der Waals surface area contributed by atoms with Crippen molar-refractivity contribution in [3.63, 3.8) is 0 Å². The topological polar surface area (TPSA) is 50.4 Å². The molecule has 0 aromatic heterocycles. The van der Waals surface area contributed by atoms with Gasteiger partial charge < -0.3 is 15.4 Å². The number of rotatable bonds is 0. The standard InChI is InChI=1S/C12H18N2O2S/c1-6-2-3-7-5-8-10(15)13-12(17)14-11(8)16-9(7)4-6/h6-9,11H,2-5H2,1H3,(H2,13,14,15,17). The molecule has 1 amide bonds. The summed E-state index contributed by atoms with van der Waals surface area (Å²) < 4.78 is 6.05. The van der Waals surface area contributed by atoms with E-state index < -0.39 is 0 Å². The molecule has 5 heteroatoms. The van der Waals surface area contributed by atoms with Crippen LogP contribution in [0.4, 0.5) is 0 Å². The average Bonchev–Trinajstić information content (AvgIpc) is 2.26. The number of amides is 1. The van der Waals surface area contributed by atoms with Crippen molar-refractivity contribution < 1.29 is 9.53 Å². The summed E-state index contributed by atoms with van der Waals surface area (Å²) in [5.74, 6) is 1.23. The Bertz CT molecular complexity index is 360. The van der Waals surface area contributed by atoms with E-state index in [1.54, 1.807) is 0 Å². The van der Waals surface area contributed by atoms with Crippen LogP contribution >= 0.6 is 12.2 Å². The Morgan fingerprint density at radius 3 is 3.00 bits per heavy atom. The second-order valence-corrected chi connectivity index (χ2v) is 5.99. The van der Waals surface area contributed by atoms with E-state index in [2.05, 4.69) is 17.6 Å². The van der Waals surface area contributed by atoms with E-state index in [0.717, 1.165) is 18.8 Å². The van der Waals surface area contributed by atoms with Gasteiger partial charge in [-0.3, -0.25) is 4.79 Å². The summed E-state index contributed by atoms with van der Waals surface area (Å²) in [5, 5.41) is 6.16. The second-order valence-electron chi connectivity index (χ2n) is 5.58. The van der Waals surface area contributed by atoms with Gasteiger partial charge in [-0.05, 0) is 43.3 Å². The molecule has 3 aliphatic rings. The molecule has 4 nitrogen and oxygen atoms in total. The number of thiocarbonyl (C=S) groups is 1. The predicted octanol–water partition coefficient (Wildman–Crippen LogP) is 1.16. The van der Waals surface area contributed by atoms with Gasteiger partial charge in [0.2, 0.25) is 5.91 Å². The third-order valence-electron chi connectivity index (χ3n) is 4.28. The first-order valence-electron chi connectivity index (χ1n) is 6.40. The highest BCUT2D eigenvalue weighted by atomic mass is 32.1. The highest BCUT2D eigenvalue weighted by Gasteiger charge is 2.45. The van der Waals surface area contributed by atoms with Crippen molar-refractivity contribution in [2.24, 2.45) is 17.8 Å². The minimum Gasteiger partial charge on any atom is -0.354 e. The molecule has 3 rings (SSSR count). The number of carbonyl (C=O) groups excluding carboxylic acids is 1. The quantitative estimate of drug-likeness (QED) is 0.637. The summed E-state index contributed by atoms with van der Waals surface area (Å²) in [6.45, 7) is 2.28. The van der Waals surface area contributed by atoms with E-state index in [0.29, 0.717) is 17.1 Å². The van der Waals surface area contributed by atoms with Crippen molar-refractivity contribution in [1.82, 2.24) is 10.6 Å². The highest BCUT2D eigenvalue weighted by molar-refractivity contribution is 7.80. The van der Waals surface area contributed by atoms with E-state index in [1.165, 1.54) is 12.8 Å². The Labute approximate surface area is 106 Å². The smallest absolute Gasteiger partial charge is 0.233 e. The van der Waals surface area contributed by atoms with E-state index in [-0.39, 0.29) is 18.1 Å². The Morgan fingerprint density at radius 2 is 2.18 bits per heavy atom. The van der Waals surface area contributed by atoms with Crippen molar-refractivity contribution in [1.29, 1.82) is 0 Å². The minimum atomic E-state index is -0.206. The molecule has 5 atom stereocenters. The lowest BCUT2D eigenvalue weighted by Gasteiger charge is -2.46. The minimum absolute atomic E-state index is 0.0239. The molecule has 2 heterocycles.